The van der Waals surface area contributed by atoms with Crippen LogP contribution in [0, 0.1) is 5.92 Å². The molecule has 0 aliphatic heterocycles. The van der Waals surface area contributed by atoms with Crippen molar-refractivity contribution < 1.29 is 18.3 Å². The largest absolute Gasteiger partial charge is 0.481 e. The average Bonchev–Trinajstić information content (AvgIpc) is 2.73. The van der Waals surface area contributed by atoms with Crippen LogP contribution in [0.25, 0.3) is 0 Å². The van der Waals surface area contributed by atoms with E-state index >= 15 is 0 Å². The smallest absolute Gasteiger partial charge is 0.309 e. The molecule has 0 aromatic heterocycles. The molecule has 1 saturated carbocycles. The van der Waals surface area contributed by atoms with Gasteiger partial charge in [0, 0.05) is 6.04 Å². The zero-order valence-electron chi connectivity index (χ0n) is 9.69. The Kier molecular flexibility index (Phi) is 3.41. The summed E-state index contributed by atoms with van der Waals surface area (Å²) in [5, 5.41) is 8.20. The Morgan fingerprint density at radius 2 is 1.83 bits per heavy atom. The van der Waals surface area contributed by atoms with Gasteiger partial charge in [0.05, 0.1) is 16.1 Å². The van der Waals surface area contributed by atoms with Crippen LogP contribution in [0.3, 0.4) is 0 Å². The number of carboxylic acid groups (broad SMARTS) is 1. The van der Waals surface area contributed by atoms with Crippen molar-refractivity contribution in [3.63, 3.8) is 0 Å². The summed E-state index contributed by atoms with van der Waals surface area (Å²) < 4.78 is 24.8. The first-order chi connectivity index (χ1) is 8.44. The number of carboxylic acids is 1. The zero-order valence-corrected chi connectivity index (χ0v) is 10.5. The maximum Gasteiger partial charge on any atom is 0.309 e. The number of benzene rings is 1. The van der Waals surface area contributed by atoms with E-state index in [0.29, 0.717) is 12.8 Å². The summed E-state index contributed by atoms with van der Waals surface area (Å²) in [5.41, 5.74) is 5.70. The minimum absolute atomic E-state index is 0.162. The Labute approximate surface area is 106 Å². The molecule has 1 aromatic carbocycles. The van der Waals surface area contributed by atoms with E-state index < -0.39 is 33.0 Å². The van der Waals surface area contributed by atoms with E-state index in [1.165, 1.54) is 12.1 Å². The summed E-state index contributed by atoms with van der Waals surface area (Å²) in [6.45, 7) is 0. The minimum atomic E-state index is -3.63. The van der Waals surface area contributed by atoms with Gasteiger partial charge in [0.1, 0.15) is 0 Å². The fraction of sp³-hybridized carbons (Fsp3) is 0.417. The highest BCUT2D eigenvalue weighted by Gasteiger charge is 2.46. The van der Waals surface area contributed by atoms with Gasteiger partial charge in [0.25, 0.3) is 0 Å². The van der Waals surface area contributed by atoms with Gasteiger partial charge in [-0.25, -0.2) is 8.42 Å². The molecule has 0 radical (unpaired) electrons. The van der Waals surface area contributed by atoms with Gasteiger partial charge in [-0.15, -0.1) is 0 Å². The molecule has 0 bridgehead atoms. The molecule has 0 amide bonds. The lowest BCUT2D eigenvalue weighted by molar-refractivity contribution is -0.141. The fourth-order valence-corrected chi connectivity index (χ4v) is 4.50. The van der Waals surface area contributed by atoms with E-state index in [-0.39, 0.29) is 4.90 Å². The summed E-state index contributed by atoms with van der Waals surface area (Å²) >= 11 is 0. The molecule has 3 unspecified atom stereocenters. The van der Waals surface area contributed by atoms with Crippen molar-refractivity contribution >= 4 is 15.8 Å². The second kappa shape index (κ2) is 4.70. The molecule has 1 fully saturated rings. The van der Waals surface area contributed by atoms with Gasteiger partial charge in [-0.1, -0.05) is 18.2 Å². The Morgan fingerprint density at radius 1 is 1.22 bits per heavy atom. The fourth-order valence-electron chi connectivity index (χ4n) is 2.47. The molecule has 1 aliphatic rings. The van der Waals surface area contributed by atoms with E-state index in [1.54, 1.807) is 18.2 Å². The van der Waals surface area contributed by atoms with Crippen LogP contribution in [0.4, 0.5) is 0 Å². The molecule has 3 atom stereocenters. The van der Waals surface area contributed by atoms with Gasteiger partial charge in [0.2, 0.25) is 0 Å². The van der Waals surface area contributed by atoms with Crippen LogP contribution in [-0.4, -0.2) is 30.8 Å². The number of sulfone groups is 1. The monoisotopic (exact) mass is 269 g/mol. The van der Waals surface area contributed by atoms with Crippen molar-refractivity contribution in [2.75, 3.05) is 0 Å². The van der Waals surface area contributed by atoms with Gasteiger partial charge >= 0.3 is 5.97 Å². The molecular weight excluding hydrogens is 254 g/mol. The standard InChI is InChI=1S/C12H15NO4S/c13-9-6-7-10(11(9)12(14)15)18(16,17)8-4-2-1-3-5-8/h1-5,9-11H,6-7,13H2,(H,14,15). The van der Waals surface area contributed by atoms with Gasteiger partial charge in [-0.05, 0) is 25.0 Å². The normalized spacial score (nSPS) is 28.2. The van der Waals surface area contributed by atoms with Gasteiger partial charge in [0.15, 0.2) is 9.84 Å². The second-order valence-corrected chi connectivity index (χ2v) is 6.67. The van der Waals surface area contributed by atoms with E-state index in [0.717, 1.165) is 0 Å². The lowest BCUT2D eigenvalue weighted by atomic mass is 10.1. The van der Waals surface area contributed by atoms with Crippen LogP contribution >= 0.6 is 0 Å². The molecule has 18 heavy (non-hydrogen) atoms. The number of aliphatic carboxylic acids is 1. The highest BCUT2D eigenvalue weighted by atomic mass is 32.2. The summed E-state index contributed by atoms with van der Waals surface area (Å²) in [6, 6.07) is 7.34. The third-order valence-electron chi connectivity index (χ3n) is 3.40. The molecule has 98 valence electrons. The van der Waals surface area contributed by atoms with E-state index in [9.17, 15) is 13.2 Å². The number of rotatable bonds is 3. The van der Waals surface area contributed by atoms with Crippen LogP contribution in [0.15, 0.2) is 35.2 Å². The summed E-state index contributed by atoms with van der Waals surface area (Å²) in [5.74, 6) is -2.15. The maximum atomic E-state index is 12.4. The molecule has 3 N–H and O–H groups in total. The predicted octanol–water partition coefficient (Wildman–Crippen LogP) is 0.651. The van der Waals surface area contributed by atoms with Gasteiger partial charge in [-0.3, -0.25) is 4.79 Å². The Morgan fingerprint density at radius 3 is 2.39 bits per heavy atom. The highest BCUT2D eigenvalue weighted by Crippen LogP contribution is 2.34. The van der Waals surface area contributed by atoms with E-state index in [4.69, 9.17) is 10.8 Å². The summed E-state index contributed by atoms with van der Waals surface area (Å²) in [7, 11) is -3.63. The van der Waals surface area contributed by atoms with Crippen LogP contribution in [-0.2, 0) is 14.6 Å². The predicted molar refractivity (Wildman–Crippen MR) is 65.8 cm³/mol. The van der Waals surface area contributed by atoms with Crippen molar-refractivity contribution in [1.29, 1.82) is 0 Å². The topological polar surface area (TPSA) is 97.5 Å². The molecule has 0 heterocycles. The Hall–Kier alpha value is -1.40. The second-order valence-electron chi connectivity index (χ2n) is 4.50. The van der Waals surface area contributed by atoms with Crippen LogP contribution in [0.5, 0.6) is 0 Å². The Balaban J connectivity index is 2.40. The third-order valence-corrected chi connectivity index (χ3v) is 5.66. The molecule has 0 spiro atoms. The first-order valence-electron chi connectivity index (χ1n) is 5.72. The van der Waals surface area contributed by atoms with Crippen LogP contribution in [0.1, 0.15) is 12.8 Å². The average molecular weight is 269 g/mol. The first kappa shape index (κ1) is 13.0. The highest BCUT2D eigenvalue weighted by molar-refractivity contribution is 7.92. The molecule has 5 nitrogen and oxygen atoms in total. The van der Waals surface area contributed by atoms with Crippen molar-refractivity contribution in [2.45, 2.75) is 29.0 Å². The lowest BCUT2D eigenvalue weighted by Gasteiger charge is -2.18. The van der Waals surface area contributed by atoms with Crippen LogP contribution in [0.2, 0.25) is 0 Å². The summed E-state index contributed by atoms with van der Waals surface area (Å²) in [6.07, 6.45) is 0.725. The van der Waals surface area contributed by atoms with Crippen molar-refractivity contribution in [2.24, 2.45) is 11.7 Å². The number of hydrogen-bond donors (Lipinski definition) is 2. The van der Waals surface area contributed by atoms with E-state index in [2.05, 4.69) is 0 Å². The SMILES string of the molecule is NC1CCC(S(=O)(=O)c2ccccc2)C1C(=O)O. The Bertz CT molecular complexity index is 540. The molecule has 6 heteroatoms. The molecule has 1 aliphatic carbocycles. The molecule has 1 aromatic rings. The van der Waals surface area contributed by atoms with Gasteiger partial charge < -0.3 is 10.8 Å². The molecule has 2 rings (SSSR count). The quantitative estimate of drug-likeness (QED) is 0.839. The lowest BCUT2D eigenvalue weighted by Crippen LogP contribution is -2.39. The first-order valence-corrected chi connectivity index (χ1v) is 7.26. The number of hydrogen-bond acceptors (Lipinski definition) is 4. The zero-order chi connectivity index (χ0) is 13.3. The van der Waals surface area contributed by atoms with Crippen LogP contribution < -0.4 is 5.73 Å². The maximum absolute atomic E-state index is 12.4. The van der Waals surface area contributed by atoms with Gasteiger partial charge in [-0.2, -0.15) is 0 Å². The van der Waals surface area contributed by atoms with E-state index in [1.807, 2.05) is 0 Å². The minimum Gasteiger partial charge on any atom is -0.481 e. The summed E-state index contributed by atoms with van der Waals surface area (Å²) in [4.78, 5) is 11.3. The number of carbonyl (C=O) groups is 1. The third kappa shape index (κ3) is 2.13. The molecule has 0 saturated heterocycles. The van der Waals surface area contributed by atoms with Crippen molar-refractivity contribution in [3.05, 3.63) is 30.3 Å². The molecular formula is C12H15NO4S. The van der Waals surface area contributed by atoms with Crippen molar-refractivity contribution in [3.8, 4) is 0 Å². The number of nitrogens with two attached hydrogens (primary N) is 1. The van der Waals surface area contributed by atoms with Crippen molar-refractivity contribution in [1.82, 2.24) is 0 Å².